The van der Waals surface area contributed by atoms with E-state index in [0.29, 0.717) is 6.54 Å². The van der Waals surface area contributed by atoms with Crippen LogP contribution in [0, 0.1) is 5.92 Å². The van der Waals surface area contributed by atoms with Crippen molar-refractivity contribution in [2.24, 2.45) is 11.7 Å². The third kappa shape index (κ3) is 4.33. The molecule has 0 fully saturated rings. The zero-order valence-electron chi connectivity index (χ0n) is 10.2. The molecule has 1 aromatic rings. The van der Waals surface area contributed by atoms with Crippen LogP contribution in [0.5, 0.6) is 0 Å². The van der Waals surface area contributed by atoms with Crippen molar-refractivity contribution in [1.82, 2.24) is 0 Å². The fourth-order valence-corrected chi connectivity index (χ4v) is 1.82. The second-order valence-corrected chi connectivity index (χ2v) is 4.39. The molecule has 0 aliphatic heterocycles. The summed E-state index contributed by atoms with van der Waals surface area (Å²) in [4.78, 5) is 0. The van der Waals surface area contributed by atoms with E-state index < -0.39 is 0 Å². The molecule has 0 spiro atoms. The van der Waals surface area contributed by atoms with E-state index in [0.717, 1.165) is 19.3 Å². The first-order valence-corrected chi connectivity index (χ1v) is 6.18. The largest absolute Gasteiger partial charge is 0.396 e. The Labute approximate surface area is 98.5 Å². The Morgan fingerprint density at radius 3 is 2.12 bits per heavy atom. The summed E-state index contributed by atoms with van der Waals surface area (Å²) in [6.45, 7) is 2.97. The Morgan fingerprint density at radius 2 is 1.69 bits per heavy atom. The molecular weight excluding hydrogens is 198 g/mol. The van der Waals surface area contributed by atoms with Gasteiger partial charge in [0.25, 0.3) is 0 Å². The van der Waals surface area contributed by atoms with E-state index in [-0.39, 0.29) is 12.5 Å². The highest BCUT2D eigenvalue weighted by Gasteiger charge is 2.04. The maximum Gasteiger partial charge on any atom is 0.0471 e. The van der Waals surface area contributed by atoms with Gasteiger partial charge in [-0.2, -0.15) is 0 Å². The smallest absolute Gasteiger partial charge is 0.0471 e. The van der Waals surface area contributed by atoms with Crippen molar-refractivity contribution in [2.75, 3.05) is 13.2 Å². The van der Waals surface area contributed by atoms with Gasteiger partial charge < -0.3 is 10.8 Å². The van der Waals surface area contributed by atoms with Gasteiger partial charge in [-0.3, -0.25) is 0 Å². The van der Waals surface area contributed by atoms with Crippen LogP contribution >= 0.6 is 0 Å². The van der Waals surface area contributed by atoms with Gasteiger partial charge in [-0.25, -0.2) is 0 Å². The third-order valence-electron chi connectivity index (χ3n) is 2.99. The molecule has 0 radical (unpaired) electrons. The number of aliphatic hydroxyl groups is 1. The van der Waals surface area contributed by atoms with Crippen LogP contribution in [0.4, 0.5) is 0 Å². The van der Waals surface area contributed by atoms with Gasteiger partial charge in [0.15, 0.2) is 0 Å². The highest BCUT2D eigenvalue weighted by Crippen LogP contribution is 2.11. The number of benzene rings is 1. The molecule has 1 aromatic carbocycles. The molecule has 2 heteroatoms. The Bertz CT molecular complexity index is 277. The molecule has 16 heavy (non-hydrogen) atoms. The van der Waals surface area contributed by atoms with Crippen LogP contribution in [-0.4, -0.2) is 18.3 Å². The van der Waals surface area contributed by atoms with E-state index in [2.05, 4.69) is 31.2 Å². The summed E-state index contributed by atoms with van der Waals surface area (Å²) in [6, 6.07) is 8.79. The van der Waals surface area contributed by atoms with Crippen molar-refractivity contribution in [1.29, 1.82) is 0 Å². The van der Waals surface area contributed by atoms with Crippen molar-refractivity contribution < 1.29 is 5.11 Å². The van der Waals surface area contributed by atoms with Gasteiger partial charge >= 0.3 is 0 Å². The van der Waals surface area contributed by atoms with Crippen molar-refractivity contribution >= 4 is 0 Å². The van der Waals surface area contributed by atoms with Crippen molar-refractivity contribution in [3.05, 3.63) is 35.4 Å². The van der Waals surface area contributed by atoms with Gasteiger partial charge in [0.1, 0.15) is 0 Å². The summed E-state index contributed by atoms with van der Waals surface area (Å²) in [5.41, 5.74) is 8.30. The molecule has 0 aromatic heterocycles. The zero-order valence-corrected chi connectivity index (χ0v) is 10.2. The van der Waals surface area contributed by atoms with Crippen LogP contribution in [-0.2, 0) is 12.8 Å². The molecule has 1 atom stereocenters. The maximum atomic E-state index is 9.04. The molecule has 0 bridgehead atoms. The monoisotopic (exact) mass is 221 g/mol. The lowest BCUT2D eigenvalue weighted by atomic mass is 9.99. The lowest BCUT2D eigenvalue weighted by molar-refractivity contribution is 0.223. The molecule has 3 N–H and O–H groups in total. The normalized spacial score (nSPS) is 12.7. The predicted molar refractivity (Wildman–Crippen MR) is 68.4 cm³/mol. The van der Waals surface area contributed by atoms with E-state index >= 15 is 0 Å². The topological polar surface area (TPSA) is 46.2 Å². The van der Waals surface area contributed by atoms with Crippen LogP contribution < -0.4 is 5.73 Å². The van der Waals surface area contributed by atoms with Crippen molar-refractivity contribution in [3.8, 4) is 0 Å². The molecular formula is C14H23NO. The minimum absolute atomic E-state index is 0.199. The van der Waals surface area contributed by atoms with Gasteiger partial charge in [-0.15, -0.1) is 0 Å². The summed E-state index contributed by atoms with van der Waals surface area (Å²) in [7, 11) is 0. The third-order valence-corrected chi connectivity index (χ3v) is 2.99. The molecule has 90 valence electrons. The number of rotatable bonds is 7. The van der Waals surface area contributed by atoms with Gasteiger partial charge in [0, 0.05) is 6.61 Å². The average Bonchev–Trinajstić information content (AvgIpc) is 2.33. The lowest BCUT2D eigenvalue weighted by Crippen LogP contribution is -2.18. The molecule has 0 amide bonds. The van der Waals surface area contributed by atoms with E-state index in [1.165, 1.54) is 17.5 Å². The highest BCUT2D eigenvalue weighted by atomic mass is 16.3. The number of hydrogen-bond donors (Lipinski definition) is 2. The highest BCUT2D eigenvalue weighted by molar-refractivity contribution is 5.22. The fourth-order valence-electron chi connectivity index (χ4n) is 1.82. The minimum atomic E-state index is 0.199. The van der Waals surface area contributed by atoms with E-state index in [4.69, 9.17) is 10.8 Å². The first-order valence-electron chi connectivity index (χ1n) is 6.18. The first kappa shape index (κ1) is 13.2. The van der Waals surface area contributed by atoms with Crippen LogP contribution in [0.3, 0.4) is 0 Å². The lowest BCUT2D eigenvalue weighted by Gasteiger charge is -2.11. The van der Waals surface area contributed by atoms with E-state index in [1.54, 1.807) is 0 Å². The summed E-state index contributed by atoms with van der Waals surface area (Å²) in [5.74, 6) is 0.246. The Balaban J connectivity index is 2.42. The van der Waals surface area contributed by atoms with Gasteiger partial charge in [-0.05, 0) is 42.9 Å². The second-order valence-electron chi connectivity index (χ2n) is 4.39. The van der Waals surface area contributed by atoms with Crippen molar-refractivity contribution in [3.63, 3.8) is 0 Å². The first-order chi connectivity index (χ1) is 7.80. The molecule has 0 aliphatic rings. The quantitative estimate of drug-likeness (QED) is 0.741. The average molecular weight is 221 g/mol. The summed E-state index contributed by atoms with van der Waals surface area (Å²) < 4.78 is 0. The van der Waals surface area contributed by atoms with Crippen LogP contribution in [0.2, 0.25) is 0 Å². The summed E-state index contributed by atoms with van der Waals surface area (Å²) >= 11 is 0. The SMILES string of the molecule is CCCc1ccc(CCC(CN)CO)cc1. The molecule has 1 unspecified atom stereocenters. The standard InChI is InChI=1S/C14H23NO/c1-2-3-12-4-6-13(7-5-12)8-9-14(10-15)11-16/h4-7,14,16H,2-3,8-11,15H2,1H3. The summed E-state index contributed by atoms with van der Waals surface area (Å²) in [5, 5.41) is 9.04. The minimum Gasteiger partial charge on any atom is -0.396 e. The predicted octanol–water partition coefficient (Wildman–Crippen LogP) is 2.14. The molecule has 0 saturated carbocycles. The Kier molecular flexibility index (Phi) is 6.12. The maximum absolute atomic E-state index is 9.04. The Morgan fingerprint density at radius 1 is 1.12 bits per heavy atom. The zero-order chi connectivity index (χ0) is 11.8. The summed E-state index contributed by atoms with van der Waals surface area (Å²) in [6.07, 6.45) is 4.33. The van der Waals surface area contributed by atoms with Gasteiger partial charge in [-0.1, -0.05) is 37.6 Å². The fraction of sp³-hybridized carbons (Fsp3) is 0.571. The number of nitrogens with two attached hydrogens (primary N) is 1. The van der Waals surface area contributed by atoms with E-state index in [1.807, 2.05) is 0 Å². The molecule has 0 saturated heterocycles. The number of aryl methyl sites for hydroxylation is 2. The van der Waals surface area contributed by atoms with E-state index in [9.17, 15) is 0 Å². The van der Waals surface area contributed by atoms with Crippen LogP contribution in [0.25, 0.3) is 0 Å². The van der Waals surface area contributed by atoms with Crippen molar-refractivity contribution in [2.45, 2.75) is 32.6 Å². The molecule has 1 rings (SSSR count). The molecule has 0 heterocycles. The Hall–Kier alpha value is -0.860. The molecule has 2 nitrogen and oxygen atoms in total. The molecule has 0 aliphatic carbocycles. The van der Waals surface area contributed by atoms with Crippen LogP contribution in [0.1, 0.15) is 30.9 Å². The van der Waals surface area contributed by atoms with Crippen LogP contribution in [0.15, 0.2) is 24.3 Å². The second kappa shape index (κ2) is 7.42. The van der Waals surface area contributed by atoms with Gasteiger partial charge in [0.2, 0.25) is 0 Å². The number of hydrogen-bond acceptors (Lipinski definition) is 2. The van der Waals surface area contributed by atoms with Gasteiger partial charge in [0.05, 0.1) is 0 Å². The number of aliphatic hydroxyl groups excluding tert-OH is 1.